The van der Waals surface area contributed by atoms with Gasteiger partial charge in [0.25, 0.3) is 5.91 Å². The molecule has 0 saturated heterocycles. The van der Waals surface area contributed by atoms with E-state index in [9.17, 15) is 9.59 Å². The molecule has 0 fully saturated rings. The monoisotopic (exact) mass is 440 g/mol. The van der Waals surface area contributed by atoms with Crippen molar-refractivity contribution in [3.8, 4) is 5.75 Å². The van der Waals surface area contributed by atoms with Gasteiger partial charge in [-0.25, -0.2) is 4.79 Å². The van der Waals surface area contributed by atoms with E-state index in [-0.39, 0.29) is 5.91 Å². The quantitative estimate of drug-likeness (QED) is 0.306. The van der Waals surface area contributed by atoms with Crippen molar-refractivity contribution in [2.75, 3.05) is 11.9 Å². The van der Waals surface area contributed by atoms with Gasteiger partial charge in [-0.3, -0.25) is 10.1 Å². The zero-order valence-electron chi connectivity index (χ0n) is 17.9. The summed E-state index contributed by atoms with van der Waals surface area (Å²) in [6.45, 7) is 3.89. The molecular formula is C26H24N4O3. The Bertz CT molecular complexity index is 1280. The maximum Gasteiger partial charge on any atom is 0.416 e. The highest BCUT2D eigenvalue weighted by Crippen LogP contribution is 2.24. The van der Waals surface area contributed by atoms with Gasteiger partial charge >= 0.3 is 6.09 Å². The third kappa shape index (κ3) is 5.40. The summed E-state index contributed by atoms with van der Waals surface area (Å²) in [4.78, 5) is 27.7. The van der Waals surface area contributed by atoms with Crippen molar-refractivity contribution in [3.63, 3.8) is 0 Å². The molecule has 4 N–H and O–H groups in total. The molecule has 0 unspecified atom stereocenters. The summed E-state index contributed by atoms with van der Waals surface area (Å²) in [5, 5.41) is 9.59. The van der Waals surface area contributed by atoms with Gasteiger partial charge in [0.05, 0.1) is 11.3 Å². The van der Waals surface area contributed by atoms with Crippen LogP contribution < -0.4 is 20.7 Å². The Morgan fingerprint density at radius 1 is 1.00 bits per heavy atom. The highest BCUT2D eigenvalue weighted by molar-refractivity contribution is 6.00. The minimum Gasteiger partial charge on any atom is -0.410 e. The molecule has 0 atom stereocenters. The fraction of sp³-hybridized carbons (Fsp3) is 0.0769. The maximum absolute atomic E-state index is 12.9. The number of ether oxygens (including phenoxy) is 1. The minimum absolute atomic E-state index is 0.154. The van der Waals surface area contributed by atoms with Crippen molar-refractivity contribution in [3.05, 3.63) is 103 Å². The summed E-state index contributed by atoms with van der Waals surface area (Å²) in [6, 6.07) is 22.5. The first-order valence-corrected chi connectivity index (χ1v) is 10.5. The average molecular weight is 441 g/mol. The molecule has 0 aliphatic heterocycles. The van der Waals surface area contributed by atoms with Gasteiger partial charge in [0.1, 0.15) is 5.75 Å². The summed E-state index contributed by atoms with van der Waals surface area (Å²) in [7, 11) is 0. The molecule has 166 valence electrons. The van der Waals surface area contributed by atoms with Gasteiger partial charge in [0, 0.05) is 29.3 Å². The first-order valence-electron chi connectivity index (χ1n) is 10.5. The summed E-state index contributed by atoms with van der Waals surface area (Å²) in [5.74, 6) is 0.270. The maximum atomic E-state index is 12.9. The Balaban J connectivity index is 1.41. The zero-order chi connectivity index (χ0) is 23.0. The SMILES string of the molecule is C=CNC(=O)Oc1ccc2[nH]cc(CCNC(=O)c3ccccc3Nc3ccccc3)c2c1. The molecule has 7 nitrogen and oxygen atoms in total. The Hall–Kier alpha value is -4.52. The van der Waals surface area contributed by atoms with E-state index in [1.54, 1.807) is 18.2 Å². The Labute approximate surface area is 191 Å². The lowest BCUT2D eigenvalue weighted by atomic mass is 10.1. The van der Waals surface area contributed by atoms with Crippen molar-refractivity contribution in [2.45, 2.75) is 6.42 Å². The number of H-pyrrole nitrogens is 1. The van der Waals surface area contributed by atoms with E-state index in [1.165, 1.54) is 6.20 Å². The number of hydrogen-bond acceptors (Lipinski definition) is 4. The van der Waals surface area contributed by atoms with Crippen molar-refractivity contribution in [1.29, 1.82) is 0 Å². The third-order valence-electron chi connectivity index (χ3n) is 5.07. The molecule has 0 saturated carbocycles. The largest absolute Gasteiger partial charge is 0.416 e. The van der Waals surface area contributed by atoms with E-state index >= 15 is 0 Å². The van der Waals surface area contributed by atoms with Gasteiger partial charge in [-0.05, 0) is 60.6 Å². The van der Waals surface area contributed by atoms with E-state index in [1.807, 2.05) is 60.8 Å². The zero-order valence-corrected chi connectivity index (χ0v) is 17.9. The highest BCUT2D eigenvalue weighted by Gasteiger charge is 2.12. The van der Waals surface area contributed by atoms with Gasteiger partial charge in [-0.15, -0.1) is 0 Å². The lowest BCUT2D eigenvalue weighted by molar-refractivity contribution is 0.0955. The fourth-order valence-corrected chi connectivity index (χ4v) is 3.52. The molecule has 7 heteroatoms. The number of carbonyl (C=O) groups is 2. The predicted molar refractivity (Wildman–Crippen MR) is 130 cm³/mol. The number of aromatic amines is 1. The number of anilines is 2. The van der Waals surface area contributed by atoms with E-state index in [0.717, 1.165) is 27.8 Å². The number of amides is 2. The highest BCUT2D eigenvalue weighted by atomic mass is 16.5. The molecule has 0 aliphatic carbocycles. The average Bonchev–Trinajstić information content (AvgIpc) is 3.22. The van der Waals surface area contributed by atoms with Crippen LogP contribution in [0.15, 0.2) is 91.8 Å². The Morgan fingerprint density at radius 2 is 1.79 bits per heavy atom. The van der Waals surface area contributed by atoms with Crippen LogP contribution in [-0.4, -0.2) is 23.5 Å². The van der Waals surface area contributed by atoms with E-state index in [2.05, 4.69) is 27.5 Å². The number of rotatable bonds is 8. The van der Waals surface area contributed by atoms with Crippen molar-refractivity contribution < 1.29 is 14.3 Å². The number of benzene rings is 3. The van der Waals surface area contributed by atoms with Gasteiger partial charge in [-0.1, -0.05) is 36.9 Å². The summed E-state index contributed by atoms with van der Waals surface area (Å²) in [5.41, 5.74) is 4.16. The minimum atomic E-state index is -0.600. The fourth-order valence-electron chi connectivity index (χ4n) is 3.52. The van der Waals surface area contributed by atoms with E-state index in [0.29, 0.717) is 24.3 Å². The smallest absolute Gasteiger partial charge is 0.410 e. The first kappa shape index (κ1) is 21.7. The molecule has 0 bridgehead atoms. The normalized spacial score (nSPS) is 10.4. The van der Waals surface area contributed by atoms with Crippen molar-refractivity contribution >= 4 is 34.3 Å². The Kier molecular flexibility index (Phi) is 6.70. The molecule has 1 aromatic heterocycles. The molecule has 0 spiro atoms. The van der Waals surface area contributed by atoms with Gasteiger partial charge in [0.15, 0.2) is 0 Å². The molecular weight excluding hydrogens is 416 g/mol. The molecule has 4 aromatic rings. The van der Waals surface area contributed by atoms with E-state index in [4.69, 9.17) is 4.74 Å². The lowest BCUT2D eigenvalue weighted by Crippen LogP contribution is -2.26. The second-order valence-corrected chi connectivity index (χ2v) is 7.30. The van der Waals surface area contributed by atoms with Gasteiger partial charge in [0.2, 0.25) is 0 Å². The molecule has 0 radical (unpaired) electrons. The van der Waals surface area contributed by atoms with Crippen LogP contribution in [0.1, 0.15) is 15.9 Å². The molecule has 1 heterocycles. The van der Waals surface area contributed by atoms with Crippen LogP contribution in [0.25, 0.3) is 10.9 Å². The lowest BCUT2D eigenvalue weighted by Gasteiger charge is -2.12. The summed E-state index contributed by atoms with van der Waals surface area (Å²) in [6.07, 6.45) is 3.17. The second-order valence-electron chi connectivity index (χ2n) is 7.30. The van der Waals surface area contributed by atoms with Crippen molar-refractivity contribution in [1.82, 2.24) is 15.6 Å². The van der Waals surface area contributed by atoms with Crippen LogP contribution in [0, 0.1) is 0 Å². The molecule has 2 amide bonds. The Morgan fingerprint density at radius 3 is 2.61 bits per heavy atom. The first-order chi connectivity index (χ1) is 16.1. The summed E-state index contributed by atoms with van der Waals surface area (Å²) < 4.78 is 5.24. The second kappa shape index (κ2) is 10.2. The number of carbonyl (C=O) groups excluding carboxylic acids is 2. The molecule has 0 aliphatic rings. The molecule has 4 rings (SSSR count). The predicted octanol–water partition coefficient (Wildman–Crippen LogP) is 5.12. The van der Waals surface area contributed by atoms with E-state index < -0.39 is 6.09 Å². The molecule has 33 heavy (non-hydrogen) atoms. The van der Waals surface area contributed by atoms with Crippen LogP contribution in [0.3, 0.4) is 0 Å². The van der Waals surface area contributed by atoms with Crippen LogP contribution in [0.4, 0.5) is 16.2 Å². The molecule has 3 aromatic carbocycles. The summed E-state index contributed by atoms with van der Waals surface area (Å²) >= 11 is 0. The standard InChI is InChI=1S/C26H24N4O3/c1-2-27-26(32)33-20-12-13-23-22(16-20)18(17-29-23)14-15-28-25(31)21-10-6-7-11-24(21)30-19-8-4-3-5-9-19/h2-13,16-17,29-30H,1,14-15H2,(H,27,32)(H,28,31). The third-order valence-corrected chi connectivity index (χ3v) is 5.07. The van der Waals surface area contributed by atoms with Crippen LogP contribution >= 0.6 is 0 Å². The topological polar surface area (TPSA) is 95.2 Å². The van der Waals surface area contributed by atoms with Crippen molar-refractivity contribution in [2.24, 2.45) is 0 Å². The van der Waals surface area contributed by atoms with Crippen LogP contribution in [0.5, 0.6) is 5.75 Å². The number of nitrogens with one attached hydrogen (secondary N) is 4. The van der Waals surface area contributed by atoms with Crippen LogP contribution in [-0.2, 0) is 6.42 Å². The number of fused-ring (bicyclic) bond motifs is 1. The number of aromatic nitrogens is 1. The van der Waals surface area contributed by atoms with Gasteiger partial charge < -0.3 is 20.4 Å². The van der Waals surface area contributed by atoms with Crippen LogP contribution in [0.2, 0.25) is 0 Å². The van der Waals surface area contributed by atoms with Gasteiger partial charge in [-0.2, -0.15) is 0 Å². The number of hydrogen-bond donors (Lipinski definition) is 4. The number of para-hydroxylation sites is 2.